The van der Waals surface area contributed by atoms with Gasteiger partial charge in [-0.1, -0.05) is 0 Å². The Morgan fingerprint density at radius 2 is 2.22 bits per heavy atom. The van der Waals surface area contributed by atoms with Crippen LogP contribution < -0.4 is 10.2 Å². The molecule has 1 unspecified atom stereocenters. The molecule has 0 aliphatic carbocycles. The summed E-state index contributed by atoms with van der Waals surface area (Å²) in [5, 5.41) is 3.55. The third-order valence-corrected chi connectivity index (χ3v) is 3.55. The Hall–Kier alpha value is -1.09. The van der Waals surface area contributed by atoms with Gasteiger partial charge in [0.05, 0.1) is 0 Å². The highest BCUT2D eigenvalue weighted by Crippen LogP contribution is 2.28. The fraction of sp³-hybridized carbons (Fsp3) is 0.667. The molecule has 1 fully saturated rings. The molecule has 0 aromatic carbocycles. The summed E-state index contributed by atoms with van der Waals surface area (Å²) in [6.07, 6.45) is 6.50. The SMILES string of the molecule is CC1CCCN1c1ccncc1CNC(C)(C)C. The van der Waals surface area contributed by atoms with Crippen molar-refractivity contribution < 1.29 is 0 Å². The molecule has 0 amide bonds. The molecule has 3 heteroatoms. The number of hydrogen-bond acceptors (Lipinski definition) is 3. The van der Waals surface area contributed by atoms with Gasteiger partial charge in [-0.15, -0.1) is 0 Å². The summed E-state index contributed by atoms with van der Waals surface area (Å²) in [6.45, 7) is 11.0. The second kappa shape index (κ2) is 5.27. The maximum absolute atomic E-state index is 4.28. The Balaban J connectivity index is 2.15. The first-order valence-electron chi connectivity index (χ1n) is 6.92. The first kappa shape index (κ1) is 13.3. The summed E-state index contributed by atoms with van der Waals surface area (Å²) in [4.78, 5) is 6.79. The lowest BCUT2D eigenvalue weighted by atomic mass is 10.1. The van der Waals surface area contributed by atoms with Crippen LogP contribution in [0.5, 0.6) is 0 Å². The molecule has 0 saturated carbocycles. The van der Waals surface area contributed by atoms with E-state index < -0.39 is 0 Å². The number of hydrogen-bond donors (Lipinski definition) is 1. The molecule has 100 valence electrons. The van der Waals surface area contributed by atoms with Crippen LogP contribution in [-0.4, -0.2) is 23.1 Å². The van der Waals surface area contributed by atoms with Gasteiger partial charge in [0, 0.05) is 48.3 Å². The van der Waals surface area contributed by atoms with E-state index in [4.69, 9.17) is 0 Å². The van der Waals surface area contributed by atoms with Gasteiger partial charge in [0.1, 0.15) is 0 Å². The highest BCUT2D eigenvalue weighted by molar-refractivity contribution is 5.53. The van der Waals surface area contributed by atoms with Crippen molar-refractivity contribution in [2.75, 3.05) is 11.4 Å². The molecule has 2 heterocycles. The van der Waals surface area contributed by atoms with Crippen LogP contribution in [0.1, 0.15) is 46.1 Å². The van der Waals surface area contributed by atoms with Crippen molar-refractivity contribution >= 4 is 5.69 Å². The van der Waals surface area contributed by atoms with Gasteiger partial charge in [0.2, 0.25) is 0 Å². The summed E-state index contributed by atoms with van der Waals surface area (Å²) in [5.74, 6) is 0. The predicted molar refractivity (Wildman–Crippen MR) is 76.9 cm³/mol. The van der Waals surface area contributed by atoms with Crippen LogP contribution in [0.4, 0.5) is 5.69 Å². The average Bonchev–Trinajstić information content (AvgIpc) is 2.72. The molecule has 1 saturated heterocycles. The van der Waals surface area contributed by atoms with Crippen LogP contribution in [0.3, 0.4) is 0 Å². The molecule has 1 N–H and O–H groups in total. The minimum atomic E-state index is 0.143. The minimum Gasteiger partial charge on any atom is -0.368 e. The predicted octanol–water partition coefficient (Wildman–Crippen LogP) is 2.96. The molecule has 1 aliphatic rings. The zero-order valence-corrected chi connectivity index (χ0v) is 12.0. The maximum atomic E-state index is 4.28. The molecule has 1 aliphatic heterocycles. The Bertz CT molecular complexity index is 395. The van der Waals surface area contributed by atoms with Crippen molar-refractivity contribution in [3.05, 3.63) is 24.0 Å². The molecule has 0 spiro atoms. The van der Waals surface area contributed by atoms with Gasteiger partial charge in [-0.3, -0.25) is 4.98 Å². The van der Waals surface area contributed by atoms with E-state index in [-0.39, 0.29) is 5.54 Å². The van der Waals surface area contributed by atoms with Crippen molar-refractivity contribution in [3.8, 4) is 0 Å². The topological polar surface area (TPSA) is 28.2 Å². The number of pyridine rings is 1. The first-order chi connectivity index (χ1) is 8.47. The van der Waals surface area contributed by atoms with Gasteiger partial charge in [-0.2, -0.15) is 0 Å². The van der Waals surface area contributed by atoms with E-state index in [9.17, 15) is 0 Å². The van der Waals surface area contributed by atoms with E-state index in [2.05, 4.69) is 49.0 Å². The fourth-order valence-electron chi connectivity index (χ4n) is 2.49. The van der Waals surface area contributed by atoms with Gasteiger partial charge >= 0.3 is 0 Å². The zero-order valence-electron chi connectivity index (χ0n) is 12.0. The third-order valence-electron chi connectivity index (χ3n) is 3.55. The Kier molecular flexibility index (Phi) is 3.91. The molecule has 1 aromatic rings. The largest absolute Gasteiger partial charge is 0.368 e. The number of nitrogens with one attached hydrogen (secondary N) is 1. The normalized spacial score (nSPS) is 20.4. The monoisotopic (exact) mass is 247 g/mol. The lowest BCUT2D eigenvalue weighted by Crippen LogP contribution is -2.36. The van der Waals surface area contributed by atoms with E-state index in [0.717, 1.165) is 6.54 Å². The van der Waals surface area contributed by atoms with E-state index in [1.165, 1.54) is 30.6 Å². The van der Waals surface area contributed by atoms with Crippen LogP contribution in [0.15, 0.2) is 18.5 Å². The van der Waals surface area contributed by atoms with Crippen molar-refractivity contribution in [1.29, 1.82) is 0 Å². The molecule has 18 heavy (non-hydrogen) atoms. The second-order valence-electron chi connectivity index (χ2n) is 6.29. The number of aromatic nitrogens is 1. The van der Waals surface area contributed by atoms with Crippen molar-refractivity contribution in [1.82, 2.24) is 10.3 Å². The summed E-state index contributed by atoms with van der Waals surface area (Å²) in [7, 11) is 0. The quantitative estimate of drug-likeness (QED) is 0.890. The van der Waals surface area contributed by atoms with Crippen molar-refractivity contribution in [2.45, 2.75) is 58.7 Å². The van der Waals surface area contributed by atoms with Crippen molar-refractivity contribution in [3.63, 3.8) is 0 Å². The zero-order chi connectivity index (χ0) is 13.2. The Morgan fingerprint density at radius 3 is 2.83 bits per heavy atom. The van der Waals surface area contributed by atoms with Crippen LogP contribution in [0, 0.1) is 0 Å². The lowest BCUT2D eigenvalue weighted by Gasteiger charge is -2.28. The standard InChI is InChI=1S/C15H25N3/c1-12-6-5-9-18(12)14-7-8-16-10-13(14)11-17-15(2,3)4/h7-8,10,12,17H,5-6,9,11H2,1-4H3. The van der Waals surface area contributed by atoms with Crippen LogP contribution in [0.2, 0.25) is 0 Å². The Morgan fingerprint density at radius 1 is 1.44 bits per heavy atom. The highest BCUT2D eigenvalue weighted by Gasteiger charge is 2.22. The second-order valence-corrected chi connectivity index (χ2v) is 6.29. The molecule has 0 radical (unpaired) electrons. The Labute approximate surface area is 111 Å². The smallest absolute Gasteiger partial charge is 0.0445 e. The first-order valence-corrected chi connectivity index (χ1v) is 6.92. The van der Waals surface area contributed by atoms with Crippen LogP contribution >= 0.6 is 0 Å². The fourth-order valence-corrected chi connectivity index (χ4v) is 2.49. The number of anilines is 1. The van der Waals surface area contributed by atoms with Gasteiger partial charge in [-0.05, 0) is 46.6 Å². The molecule has 1 atom stereocenters. The van der Waals surface area contributed by atoms with Crippen molar-refractivity contribution in [2.24, 2.45) is 0 Å². The molecule has 2 rings (SSSR count). The molecule has 3 nitrogen and oxygen atoms in total. The van der Waals surface area contributed by atoms with E-state index in [1.807, 2.05) is 12.4 Å². The number of rotatable bonds is 3. The van der Waals surface area contributed by atoms with Gasteiger partial charge in [0.25, 0.3) is 0 Å². The van der Waals surface area contributed by atoms with E-state index in [0.29, 0.717) is 6.04 Å². The van der Waals surface area contributed by atoms with Crippen LogP contribution in [-0.2, 0) is 6.54 Å². The van der Waals surface area contributed by atoms with E-state index in [1.54, 1.807) is 0 Å². The maximum Gasteiger partial charge on any atom is 0.0445 e. The van der Waals surface area contributed by atoms with Gasteiger partial charge in [0.15, 0.2) is 0 Å². The lowest BCUT2D eigenvalue weighted by molar-refractivity contribution is 0.424. The number of nitrogens with zero attached hydrogens (tertiary/aromatic N) is 2. The molecule has 1 aromatic heterocycles. The highest BCUT2D eigenvalue weighted by atomic mass is 15.2. The summed E-state index contributed by atoms with van der Waals surface area (Å²) in [6, 6.07) is 2.81. The summed E-state index contributed by atoms with van der Waals surface area (Å²) >= 11 is 0. The minimum absolute atomic E-state index is 0.143. The van der Waals surface area contributed by atoms with Gasteiger partial charge in [-0.25, -0.2) is 0 Å². The van der Waals surface area contributed by atoms with Crippen LogP contribution in [0.25, 0.3) is 0 Å². The average molecular weight is 247 g/mol. The van der Waals surface area contributed by atoms with Gasteiger partial charge < -0.3 is 10.2 Å². The third kappa shape index (κ3) is 3.22. The summed E-state index contributed by atoms with van der Waals surface area (Å²) < 4.78 is 0. The molecular weight excluding hydrogens is 222 g/mol. The molecule has 0 bridgehead atoms. The summed E-state index contributed by atoms with van der Waals surface area (Å²) in [5.41, 5.74) is 2.80. The van der Waals surface area contributed by atoms with E-state index >= 15 is 0 Å². The molecular formula is C15H25N3.